The van der Waals surface area contributed by atoms with Crippen LogP contribution in [-0.4, -0.2) is 40.8 Å². The summed E-state index contributed by atoms with van der Waals surface area (Å²) in [4.78, 5) is 4.52. The van der Waals surface area contributed by atoms with Crippen LogP contribution in [0.4, 0.5) is 8.78 Å². The summed E-state index contributed by atoms with van der Waals surface area (Å²) in [6.45, 7) is 0.979. The van der Waals surface area contributed by atoms with Crippen LogP contribution in [0, 0.1) is 11.6 Å². The molecule has 9 heteroatoms. The summed E-state index contributed by atoms with van der Waals surface area (Å²) in [6, 6.07) is 10.8. The standard InChI is InChI=1S/C23H29F2N3O2S.HI/c1-26-22(27-15-12-17-8-10-18(11-9-17)31(2,29)30)28-16-23(13-3-4-14-23)21-19(24)6-5-7-20(21)25;/h5-11H,3-4,12-16H2,1-2H3,(H2,26,27,28);1H. The van der Waals surface area contributed by atoms with Gasteiger partial charge in [-0.05, 0) is 49.1 Å². The highest BCUT2D eigenvalue weighted by Gasteiger charge is 2.39. The number of nitrogens with zero attached hydrogens (tertiary/aromatic N) is 1. The maximum Gasteiger partial charge on any atom is 0.191 e. The van der Waals surface area contributed by atoms with Gasteiger partial charge in [-0.25, -0.2) is 17.2 Å². The largest absolute Gasteiger partial charge is 0.356 e. The van der Waals surface area contributed by atoms with Gasteiger partial charge in [0.25, 0.3) is 0 Å². The maximum atomic E-state index is 14.5. The molecule has 0 bridgehead atoms. The number of benzene rings is 2. The van der Waals surface area contributed by atoms with Crippen LogP contribution in [0.3, 0.4) is 0 Å². The Balaban J connectivity index is 0.00000363. The molecule has 0 amide bonds. The fourth-order valence-electron chi connectivity index (χ4n) is 4.27. The molecule has 0 saturated heterocycles. The van der Waals surface area contributed by atoms with E-state index in [0.717, 1.165) is 31.2 Å². The Bertz CT molecular complexity index is 1020. The van der Waals surface area contributed by atoms with Crippen molar-refractivity contribution < 1.29 is 17.2 Å². The molecule has 0 spiro atoms. The number of sulfone groups is 1. The quantitative estimate of drug-likeness (QED) is 0.294. The highest BCUT2D eigenvalue weighted by molar-refractivity contribution is 14.0. The first-order chi connectivity index (χ1) is 14.7. The highest BCUT2D eigenvalue weighted by atomic mass is 127. The number of rotatable bonds is 7. The van der Waals surface area contributed by atoms with E-state index in [4.69, 9.17) is 0 Å². The van der Waals surface area contributed by atoms with E-state index < -0.39 is 26.9 Å². The van der Waals surface area contributed by atoms with Crippen molar-refractivity contribution in [2.45, 2.75) is 42.4 Å². The van der Waals surface area contributed by atoms with E-state index in [1.807, 2.05) is 0 Å². The van der Waals surface area contributed by atoms with E-state index in [1.54, 1.807) is 31.3 Å². The lowest BCUT2D eigenvalue weighted by atomic mass is 9.78. The average molecular weight is 577 g/mol. The smallest absolute Gasteiger partial charge is 0.191 e. The number of hydrogen-bond donors (Lipinski definition) is 2. The summed E-state index contributed by atoms with van der Waals surface area (Å²) in [6.07, 6.45) is 5.18. The van der Waals surface area contributed by atoms with E-state index in [-0.39, 0.29) is 29.5 Å². The number of hydrogen-bond acceptors (Lipinski definition) is 3. The van der Waals surface area contributed by atoms with Crippen LogP contribution in [0.1, 0.15) is 36.8 Å². The monoisotopic (exact) mass is 577 g/mol. The highest BCUT2D eigenvalue weighted by Crippen LogP contribution is 2.42. The molecule has 0 atom stereocenters. The van der Waals surface area contributed by atoms with Crippen molar-refractivity contribution in [1.82, 2.24) is 10.6 Å². The molecular formula is C23H30F2IN3O2S. The summed E-state index contributed by atoms with van der Waals surface area (Å²) >= 11 is 0. The lowest BCUT2D eigenvalue weighted by Gasteiger charge is -2.31. The summed E-state index contributed by atoms with van der Waals surface area (Å²) in [5.41, 5.74) is 0.576. The van der Waals surface area contributed by atoms with E-state index >= 15 is 0 Å². The molecule has 5 nitrogen and oxygen atoms in total. The molecule has 2 aromatic rings. The predicted molar refractivity (Wildman–Crippen MR) is 135 cm³/mol. The fraction of sp³-hybridized carbons (Fsp3) is 0.435. The van der Waals surface area contributed by atoms with Crippen LogP contribution in [0.2, 0.25) is 0 Å². The Morgan fingerprint density at radius 1 is 1.03 bits per heavy atom. The number of guanidine groups is 1. The van der Waals surface area contributed by atoms with Crippen LogP contribution in [-0.2, 0) is 21.7 Å². The molecule has 32 heavy (non-hydrogen) atoms. The molecule has 2 N–H and O–H groups in total. The van der Waals surface area contributed by atoms with Gasteiger partial charge in [-0.3, -0.25) is 4.99 Å². The van der Waals surface area contributed by atoms with Crippen LogP contribution in [0.5, 0.6) is 0 Å². The topological polar surface area (TPSA) is 70.6 Å². The Morgan fingerprint density at radius 3 is 2.16 bits per heavy atom. The van der Waals surface area contributed by atoms with Crippen molar-refractivity contribution in [3.8, 4) is 0 Å². The van der Waals surface area contributed by atoms with Gasteiger partial charge in [-0.15, -0.1) is 24.0 Å². The molecule has 1 aliphatic rings. The van der Waals surface area contributed by atoms with Crippen LogP contribution >= 0.6 is 24.0 Å². The minimum absolute atomic E-state index is 0. The minimum atomic E-state index is -3.21. The first kappa shape index (κ1) is 26.5. The molecule has 1 fully saturated rings. The van der Waals surface area contributed by atoms with Gasteiger partial charge >= 0.3 is 0 Å². The second kappa shape index (κ2) is 11.4. The first-order valence-electron chi connectivity index (χ1n) is 10.4. The van der Waals surface area contributed by atoms with Gasteiger partial charge in [-0.1, -0.05) is 31.0 Å². The lowest BCUT2D eigenvalue weighted by Crippen LogP contribution is -2.45. The maximum absolute atomic E-state index is 14.5. The molecule has 2 aromatic carbocycles. The Morgan fingerprint density at radius 2 is 1.62 bits per heavy atom. The Kier molecular flexibility index (Phi) is 9.44. The van der Waals surface area contributed by atoms with E-state index in [0.29, 0.717) is 30.4 Å². The first-order valence-corrected chi connectivity index (χ1v) is 12.3. The molecule has 0 unspecified atom stereocenters. The van der Waals surface area contributed by atoms with Crippen molar-refractivity contribution in [3.63, 3.8) is 0 Å². The Hall–Kier alpha value is -1.75. The minimum Gasteiger partial charge on any atom is -0.356 e. The number of halogens is 3. The summed E-state index contributed by atoms with van der Waals surface area (Å²) in [5.74, 6) is -0.427. The third kappa shape index (κ3) is 6.40. The third-order valence-corrected chi connectivity index (χ3v) is 7.06. The van der Waals surface area contributed by atoms with Crippen molar-refractivity contribution in [1.29, 1.82) is 0 Å². The summed E-state index contributed by atoms with van der Waals surface area (Å²) in [7, 11) is -1.55. The van der Waals surface area contributed by atoms with Gasteiger partial charge in [0.2, 0.25) is 0 Å². The van der Waals surface area contributed by atoms with Crippen LogP contribution < -0.4 is 10.6 Å². The fourth-order valence-corrected chi connectivity index (χ4v) is 4.90. The zero-order valence-electron chi connectivity index (χ0n) is 18.3. The van der Waals surface area contributed by atoms with Crippen LogP contribution in [0.25, 0.3) is 0 Å². The van der Waals surface area contributed by atoms with E-state index in [9.17, 15) is 17.2 Å². The van der Waals surface area contributed by atoms with Gasteiger partial charge in [-0.2, -0.15) is 0 Å². The Labute approximate surface area is 206 Å². The molecule has 0 aliphatic heterocycles. The zero-order valence-corrected chi connectivity index (χ0v) is 21.5. The van der Waals surface area contributed by atoms with Crippen molar-refractivity contribution >= 4 is 39.8 Å². The molecule has 0 aromatic heterocycles. The van der Waals surface area contributed by atoms with E-state index in [1.165, 1.54) is 24.5 Å². The van der Waals surface area contributed by atoms with Gasteiger partial charge in [0.15, 0.2) is 15.8 Å². The van der Waals surface area contributed by atoms with Crippen molar-refractivity contribution in [2.75, 3.05) is 26.4 Å². The second-order valence-electron chi connectivity index (χ2n) is 8.10. The molecule has 0 radical (unpaired) electrons. The molecule has 1 aliphatic carbocycles. The third-order valence-electron chi connectivity index (χ3n) is 5.93. The average Bonchev–Trinajstić information content (AvgIpc) is 3.19. The number of nitrogens with one attached hydrogen (secondary N) is 2. The molecule has 3 rings (SSSR count). The van der Waals surface area contributed by atoms with Gasteiger partial charge < -0.3 is 10.6 Å². The summed E-state index contributed by atoms with van der Waals surface area (Å²) in [5, 5.41) is 6.46. The normalized spacial score (nSPS) is 15.8. The lowest BCUT2D eigenvalue weighted by molar-refractivity contribution is 0.386. The zero-order chi connectivity index (χ0) is 22.5. The molecule has 1 saturated carbocycles. The van der Waals surface area contributed by atoms with Crippen molar-refractivity contribution in [3.05, 3.63) is 65.2 Å². The van der Waals surface area contributed by atoms with Gasteiger partial charge in [0.1, 0.15) is 11.6 Å². The second-order valence-corrected chi connectivity index (χ2v) is 10.1. The molecule has 176 valence electrons. The number of aliphatic imine (C=N–C) groups is 1. The van der Waals surface area contributed by atoms with Gasteiger partial charge in [0.05, 0.1) is 4.90 Å². The molecule has 0 heterocycles. The van der Waals surface area contributed by atoms with Crippen molar-refractivity contribution in [2.24, 2.45) is 4.99 Å². The van der Waals surface area contributed by atoms with Gasteiger partial charge in [0, 0.05) is 37.4 Å². The van der Waals surface area contributed by atoms with Crippen LogP contribution in [0.15, 0.2) is 52.4 Å². The SMILES string of the molecule is CN=C(NCCc1ccc(S(C)(=O)=O)cc1)NCC1(c2c(F)cccc2F)CCCC1.I. The van der Waals surface area contributed by atoms with E-state index in [2.05, 4.69) is 15.6 Å². The summed E-state index contributed by atoms with van der Waals surface area (Å²) < 4.78 is 52.1. The molecular weight excluding hydrogens is 547 g/mol. The predicted octanol–water partition coefficient (Wildman–Crippen LogP) is 4.21.